The summed E-state index contributed by atoms with van der Waals surface area (Å²) in [7, 11) is 1.61. The molecule has 0 saturated carbocycles. The molecule has 1 atom stereocenters. The molecule has 4 aromatic rings. The second-order valence-electron chi connectivity index (χ2n) is 8.54. The molecule has 0 fully saturated rings. The summed E-state index contributed by atoms with van der Waals surface area (Å²) in [5.74, 6) is 0.100. The Labute approximate surface area is 182 Å². The van der Waals surface area contributed by atoms with Gasteiger partial charge >= 0.3 is 0 Å². The van der Waals surface area contributed by atoms with Gasteiger partial charge in [0.25, 0.3) is 5.91 Å². The zero-order valence-corrected chi connectivity index (χ0v) is 18.4. The Hall–Kier alpha value is -3.26. The molecule has 0 aliphatic carbocycles. The van der Waals surface area contributed by atoms with Crippen LogP contribution in [0.3, 0.4) is 0 Å². The molecule has 3 heterocycles. The molecule has 6 nitrogen and oxygen atoms in total. The zero-order chi connectivity index (χ0) is 21.9. The highest BCUT2D eigenvalue weighted by molar-refractivity contribution is 7.22. The average molecular weight is 437 g/mol. The van der Waals surface area contributed by atoms with E-state index in [0.717, 1.165) is 16.8 Å². The number of para-hydroxylation sites is 1. The van der Waals surface area contributed by atoms with Gasteiger partial charge in [-0.25, -0.2) is 9.37 Å². The number of aromatic amines is 1. The fraction of sp³-hybridized carbons (Fsp3) is 0.261. The first-order valence-electron chi connectivity index (χ1n) is 9.91. The maximum Gasteiger partial charge on any atom is 0.281 e. The molecule has 158 valence electrons. The van der Waals surface area contributed by atoms with Crippen molar-refractivity contribution in [3.63, 3.8) is 0 Å². The lowest BCUT2D eigenvalue weighted by molar-refractivity contribution is 0.0988. The number of benzene rings is 2. The maximum absolute atomic E-state index is 13.8. The molecular formula is C23H21FN4O2S. The van der Waals surface area contributed by atoms with Crippen molar-refractivity contribution in [1.82, 2.24) is 15.2 Å². The van der Waals surface area contributed by atoms with Crippen molar-refractivity contribution in [3.8, 4) is 5.75 Å². The predicted molar refractivity (Wildman–Crippen MR) is 119 cm³/mol. The number of hydrogen-bond donors (Lipinski definition) is 1. The quantitative estimate of drug-likeness (QED) is 0.478. The molecule has 1 aliphatic rings. The normalized spacial score (nSPS) is 16.2. The molecule has 2 aromatic heterocycles. The van der Waals surface area contributed by atoms with Crippen LogP contribution in [0.4, 0.5) is 9.52 Å². The van der Waals surface area contributed by atoms with Crippen LogP contribution in [-0.4, -0.2) is 28.2 Å². The number of carbonyl (C=O) groups excluding carboxylic acids is 1. The summed E-state index contributed by atoms with van der Waals surface area (Å²) in [6, 6.07) is 11.6. The molecule has 2 aromatic carbocycles. The van der Waals surface area contributed by atoms with Crippen LogP contribution in [0.25, 0.3) is 10.2 Å². The number of aromatic nitrogens is 3. The molecule has 0 bridgehead atoms. The number of nitrogens with one attached hydrogen (secondary N) is 1. The lowest BCUT2D eigenvalue weighted by Crippen LogP contribution is -2.30. The second kappa shape index (κ2) is 6.88. The van der Waals surface area contributed by atoms with Gasteiger partial charge in [0.1, 0.15) is 11.6 Å². The number of methoxy groups -OCH3 is 1. The third-order valence-corrected chi connectivity index (χ3v) is 6.50. The summed E-state index contributed by atoms with van der Waals surface area (Å²) in [4.78, 5) is 19.9. The van der Waals surface area contributed by atoms with Crippen LogP contribution in [0.1, 0.15) is 54.1 Å². The first kappa shape index (κ1) is 19.7. The fourth-order valence-electron chi connectivity index (χ4n) is 4.09. The van der Waals surface area contributed by atoms with Crippen molar-refractivity contribution in [2.75, 3.05) is 12.0 Å². The van der Waals surface area contributed by atoms with E-state index in [4.69, 9.17) is 4.74 Å². The lowest BCUT2D eigenvalue weighted by Gasteiger charge is -2.27. The van der Waals surface area contributed by atoms with E-state index in [-0.39, 0.29) is 17.1 Å². The second-order valence-corrected chi connectivity index (χ2v) is 9.55. The van der Waals surface area contributed by atoms with Gasteiger partial charge in [0.05, 0.1) is 23.4 Å². The van der Waals surface area contributed by atoms with Gasteiger partial charge in [0.15, 0.2) is 10.8 Å². The van der Waals surface area contributed by atoms with Crippen LogP contribution in [0.15, 0.2) is 42.5 Å². The van der Waals surface area contributed by atoms with Gasteiger partial charge in [-0.3, -0.25) is 14.8 Å². The van der Waals surface area contributed by atoms with E-state index in [2.05, 4.69) is 36.0 Å². The van der Waals surface area contributed by atoms with Crippen LogP contribution in [0.2, 0.25) is 0 Å². The van der Waals surface area contributed by atoms with Gasteiger partial charge in [-0.15, -0.1) is 0 Å². The Morgan fingerprint density at radius 1 is 1.19 bits per heavy atom. The molecule has 1 N–H and O–H groups in total. The Bertz CT molecular complexity index is 1320. The number of fused-ring (bicyclic) bond motifs is 2. The Kier molecular flexibility index (Phi) is 4.37. The topological polar surface area (TPSA) is 71.1 Å². The largest absolute Gasteiger partial charge is 0.496 e. The first-order valence-corrected chi connectivity index (χ1v) is 10.7. The molecule has 0 unspecified atom stereocenters. The maximum atomic E-state index is 13.8. The van der Waals surface area contributed by atoms with Crippen LogP contribution < -0.4 is 9.64 Å². The lowest BCUT2D eigenvalue weighted by atomic mass is 9.85. The van der Waals surface area contributed by atoms with Gasteiger partial charge in [-0.05, 0) is 24.3 Å². The van der Waals surface area contributed by atoms with Crippen LogP contribution in [0, 0.1) is 5.82 Å². The van der Waals surface area contributed by atoms with E-state index < -0.39 is 6.04 Å². The smallest absolute Gasteiger partial charge is 0.281 e. The number of anilines is 1. The van der Waals surface area contributed by atoms with Crippen molar-refractivity contribution in [2.24, 2.45) is 0 Å². The SMILES string of the molecule is COc1ccccc1[C@@H]1c2c(n[nH]c2C(C)(C)C)C(=O)N1c1nc2ccc(F)cc2s1. The first-order chi connectivity index (χ1) is 14.8. The van der Waals surface area contributed by atoms with E-state index in [9.17, 15) is 9.18 Å². The molecule has 1 amide bonds. The molecule has 0 spiro atoms. The highest BCUT2D eigenvalue weighted by Gasteiger charge is 2.46. The Balaban J connectivity index is 1.76. The van der Waals surface area contributed by atoms with Gasteiger partial charge in [-0.2, -0.15) is 5.10 Å². The summed E-state index contributed by atoms with van der Waals surface area (Å²) in [5, 5.41) is 7.96. The molecule has 0 saturated heterocycles. The standard InChI is InChI=1S/C23H21FN4O2S/c1-23(2,3)20-17-18(26-27-20)21(29)28(19(17)13-7-5-6-8-15(13)30-4)22-25-14-10-9-12(24)11-16(14)31-22/h5-11,19H,1-4H3,(H,26,27)/t19-/m1/s1. The van der Waals surface area contributed by atoms with Crippen molar-refractivity contribution in [3.05, 3.63) is 70.8 Å². The van der Waals surface area contributed by atoms with Crippen molar-refractivity contribution in [2.45, 2.75) is 32.2 Å². The summed E-state index contributed by atoms with van der Waals surface area (Å²) in [5.41, 5.74) is 3.33. The van der Waals surface area contributed by atoms with Crippen LogP contribution in [0.5, 0.6) is 5.75 Å². The number of carbonyl (C=O) groups is 1. The van der Waals surface area contributed by atoms with Gasteiger partial charge in [0.2, 0.25) is 0 Å². The number of halogens is 1. The molecule has 1 aliphatic heterocycles. The van der Waals surface area contributed by atoms with E-state index in [1.54, 1.807) is 18.1 Å². The van der Waals surface area contributed by atoms with Crippen molar-refractivity contribution in [1.29, 1.82) is 0 Å². The van der Waals surface area contributed by atoms with E-state index >= 15 is 0 Å². The Morgan fingerprint density at radius 3 is 2.71 bits per heavy atom. The van der Waals surface area contributed by atoms with Gasteiger partial charge in [0, 0.05) is 22.2 Å². The summed E-state index contributed by atoms with van der Waals surface area (Å²) in [6.07, 6.45) is 0. The van der Waals surface area contributed by atoms with E-state index in [0.29, 0.717) is 26.8 Å². The Morgan fingerprint density at radius 2 is 1.97 bits per heavy atom. The number of H-pyrrole nitrogens is 1. The fourth-order valence-corrected chi connectivity index (χ4v) is 5.10. The summed E-state index contributed by atoms with van der Waals surface area (Å²) in [6.45, 7) is 6.23. The minimum Gasteiger partial charge on any atom is -0.496 e. The summed E-state index contributed by atoms with van der Waals surface area (Å²) < 4.78 is 20.1. The third kappa shape index (κ3) is 3.01. The van der Waals surface area contributed by atoms with Crippen LogP contribution in [-0.2, 0) is 5.41 Å². The highest BCUT2D eigenvalue weighted by atomic mass is 32.1. The van der Waals surface area contributed by atoms with Crippen molar-refractivity contribution < 1.29 is 13.9 Å². The number of hydrogen-bond acceptors (Lipinski definition) is 5. The molecule has 31 heavy (non-hydrogen) atoms. The third-order valence-electron chi connectivity index (χ3n) is 5.49. The zero-order valence-electron chi connectivity index (χ0n) is 17.6. The molecule has 8 heteroatoms. The number of amides is 1. The molecule has 0 radical (unpaired) electrons. The highest BCUT2D eigenvalue weighted by Crippen LogP contribution is 2.48. The minimum atomic E-state index is -0.461. The monoisotopic (exact) mass is 436 g/mol. The van der Waals surface area contributed by atoms with Crippen LogP contribution >= 0.6 is 11.3 Å². The number of thiazole rings is 1. The summed E-state index contributed by atoms with van der Waals surface area (Å²) >= 11 is 1.29. The van der Waals surface area contributed by atoms with Crippen molar-refractivity contribution >= 4 is 32.6 Å². The van der Waals surface area contributed by atoms with E-state index in [1.807, 2.05) is 24.3 Å². The minimum absolute atomic E-state index is 0.239. The number of ether oxygens (including phenoxy) is 1. The molecule has 5 rings (SSSR count). The number of nitrogens with zero attached hydrogens (tertiary/aromatic N) is 3. The van der Waals surface area contributed by atoms with Gasteiger partial charge in [-0.1, -0.05) is 50.3 Å². The number of rotatable bonds is 3. The van der Waals surface area contributed by atoms with E-state index in [1.165, 1.54) is 23.5 Å². The molecular weight excluding hydrogens is 415 g/mol. The predicted octanol–water partition coefficient (Wildman–Crippen LogP) is 5.21. The average Bonchev–Trinajstić information content (AvgIpc) is 3.40. The van der Waals surface area contributed by atoms with Gasteiger partial charge < -0.3 is 4.74 Å².